The first-order valence-electron chi connectivity index (χ1n) is 8.55. The van der Waals surface area contributed by atoms with Crippen LogP contribution in [0.2, 0.25) is 0 Å². The monoisotopic (exact) mass is 387 g/mol. The third kappa shape index (κ3) is 4.54. The van der Waals surface area contributed by atoms with Gasteiger partial charge in [-0.25, -0.2) is 12.8 Å². The van der Waals surface area contributed by atoms with Crippen LogP contribution in [-0.4, -0.2) is 18.2 Å². The van der Waals surface area contributed by atoms with E-state index in [1.807, 2.05) is 51.1 Å². The topological polar surface area (TPSA) is 64.0 Å². The van der Waals surface area contributed by atoms with Gasteiger partial charge in [0.05, 0.1) is 17.9 Å². The molecular formula is C20H22FN3O2S. The number of nitrogens with zero attached hydrogens (tertiary/aromatic N) is 2. The molecule has 0 amide bonds. The Morgan fingerprint density at radius 1 is 1.07 bits per heavy atom. The molecular weight excluding hydrogens is 365 g/mol. The van der Waals surface area contributed by atoms with Gasteiger partial charge in [0, 0.05) is 11.6 Å². The minimum absolute atomic E-state index is 0.0928. The zero-order chi connectivity index (χ0) is 19.7. The fourth-order valence-corrected chi connectivity index (χ4v) is 4.14. The van der Waals surface area contributed by atoms with E-state index in [2.05, 4.69) is 9.82 Å². The molecule has 1 heterocycles. The summed E-state index contributed by atoms with van der Waals surface area (Å²) in [5.74, 6) is -0.508. The van der Waals surface area contributed by atoms with Crippen molar-refractivity contribution in [1.29, 1.82) is 0 Å². The maximum absolute atomic E-state index is 13.4. The fraction of sp³-hybridized carbons (Fsp3) is 0.250. The Balaban J connectivity index is 1.99. The first-order chi connectivity index (χ1) is 12.6. The second-order valence-electron chi connectivity index (χ2n) is 7.39. The van der Waals surface area contributed by atoms with Crippen LogP contribution in [-0.2, 0) is 22.0 Å². The number of hydrogen-bond acceptors (Lipinski definition) is 3. The highest BCUT2D eigenvalue weighted by molar-refractivity contribution is 7.92. The van der Waals surface area contributed by atoms with E-state index in [-0.39, 0.29) is 10.6 Å². The number of nitrogens with one attached hydrogen (secondary N) is 1. The quantitative estimate of drug-likeness (QED) is 0.715. The van der Waals surface area contributed by atoms with E-state index >= 15 is 0 Å². The van der Waals surface area contributed by atoms with Gasteiger partial charge in [0.15, 0.2) is 0 Å². The number of anilines is 1. The van der Waals surface area contributed by atoms with E-state index in [4.69, 9.17) is 0 Å². The van der Waals surface area contributed by atoms with Gasteiger partial charge in [0.2, 0.25) is 0 Å². The fourth-order valence-electron chi connectivity index (χ4n) is 2.73. The lowest BCUT2D eigenvalue weighted by molar-refractivity contribution is 0.533. The molecule has 1 N–H and O–H groups in total. The summed E-state index contributed by atoms with van der Waals surface area (Å²) in [4.78, 5) is 0.0928. The Morgan fingerprint density at radius 3 is 2.41 bits per heavy atom. The maximum atomic E-state index is 13.4. The van der Waals surface area contributed by atoms with Crippen LogP contribution in [0.25, 0.3) is 0 Å². The number of sulfonamides is 1. The molecule has 7 heteroatoms. The molecule has 2 aromatic carbocycles. The SMILES string of the molecule is CC(C)(C)c1nn(Cc2ccccc2)cc1S(=O)(=O)Nc1cccc(F)c1. The highest BCUT2D eigenvalue weighted by Crippen LogP contribution is 2.29. The summed E-state index contributed by atoms with van der Waals surface area (Å²) in [6, 6.07) is 15.0. The molecule has 0 unspecified atom stereocenters. The van der Waals surface area contributed by atoms with Crippen LogP contribution >= 0.6 is 0 Å². The number of aromatic nitrogens is 2. The third-order valence-corrected chi connectivity index (χ3v) is 5.37. The number of benzene rings is 2. The molecule has 0 aliphatic carbocycles. The lowest BCUT2D eigenvalue weighted by Crippen LogP contribution is -2.20. The minimum atomic E-state index is -3.92. The molecule has 3 aromatic rings. The largest absolute Gasteiger partial charge is 0.279 e. The van der Waals surface area contributed by atoms with Gasteiger partial charge in [-0.1, -0.05) is 57.2 Å². The van der Waals surface area contributed by atoms with Gasteiger partial charge in [-0.2, -0.15) is 5.10 Å². The molecule has 0 saturated heterocycles. The molecule has 0 spiro atoms. The second-order valence-corrected chi connectivity index (χ2v) is 9.04. The van der Waals surface area contributed by atoms with Crippen LogP contribution in [0.5, 0.6) is 0 Å². The van der Waals surface area contributed by atoms with E-state index in [0.717, 1.165) is 11.6 Å². The molecule has 27 heavy (non-hydrogen) atoms. The zero-order valence-corrected chi connectivity index (χ0v) is 16.3. The summed E-state index contributed by atoms with van der Waals surface area (Å²) in [6.45, 7) is 6.18. The predicted molar refractivity (Wildman–Crippen MR) is 104 cm³/mol. The lowest BCUT2D eigenvalue weighted by Gasteiger charge is -2.17. The summed E-state index contributed by atoms with van der Waals surface area (Å²) in [5, 5.41) is 4.53. The van der Waals surface area contributed by atoms with Gasteiger partial charge in [-0.3, -0.25) is 9.40 Å². The van der Waals surface area contributed by atoms with Crippen molar-refractivity contribution < 1.29 is 12.8 Å². The lowest BCUT2D eigenvalue weighted by atomic mass is 9.92. The standard InChI is InChI=1S/C20H22FN3O2S/c1-20(2,3)19-18(14-24(22-19)13-15-8-5-4-6-9-15)27(25,26)23-17-11-7-10-16(21)12-17/h4-12,14,23H,13H2,1-3H3. The normalized spacial score (nSPS) is 12.1. The summed E-state index contributed by atoms with van der Waals surface area (Å²) in [6.07, 6.45) is 1.52. The van der Waals surface area contributed by atoms with Gasteiger partial charge in [-0.05, 0) is 23.8 Å². The maximum Gasteiger partial charge on any atom is 0.265 e. The van der Waals surface area contributed by atoms with Crippen molar-refractivity contribution in [3.63, 3.8) is 0 Å². The Kier molecular flexibility index (Phi) is 5.06. The van der Waals surface area contributed by atoms with Gasteiger partial charge in [0.1, 0.15) is 10.7 Å². The first kappa shape index (κ1) is 19.1. The third-order valence-electron chi connectivity index (χ3n) is 3.99. The van der Waals surface area contributed by atoms with Crippen LogP contribution in [0.3, 0.4) is 0 Å². The van der Waals surface area contributed by atoms with E-state index in [9.17, 15) is 12.8 Å². The molecule has 0 aliphatic rings. The van der Waals surface area contributed by atoms with Gasteiger partial charge in [-0.15, -0.1) is 0 Å². The smallest absolute Gasteiger partial charge is 0.265 e. The molecule has 142 valence electrons. The van der Waals surface area contributed by atoms with Crippen molar-refractivity contribution in [3.05, 3.63) is 77.9 Å². The predicted octanol–water partition coefficient (Wildman–Crippen LogP) is 4.17. The van der Waals surface area contributed by atoms with Gasteiger partial charge >= 0.3 is 0 Å². The summed E-state index contributed by atoms with van der Waals surface area (Å²) in [7, 11) is -3.92. The van der Waals surface area contributed by atoms with Crippen molar-refractivity contribution in [1.82, 2.24) is 9.78 Å². The van der Waals surface area contributed by atoms with E-state index in [1.54, 1.807) is 4.68 Å². The molecule has 1 aromatic heterocycles. The Labute approximate surface area is 158 Å². The zero-order valence-electron chi connectivity index (χ0n) is 15.5. The van der Waals surface area contributed by atoms with E-state index in [0.29, 0.717) is 12.2 Å². The highest BCUT2D eigenvalue weighted by atomic mass is 32.2. The van der Waals surface area contributed by atoms with Gasteiger partial charge < -0.3 is 0 Å². The van der Waals surface area contributed by atoms with Crippen molar-refractivity contribution in [2.24, 2.45) is 0 Å². The first-order valence-corrected chi connectivity index (χ1v) is 10.0. The van der Waals surface area contributed by atoms with Crippen molar-refractivity contribution in [2.75, 3.05) is 4.72 Å². The summed E-state index contributed by atoms with van der Waals surface area (Å²) < 4.78 is 43.4. The minimum Gasteiger partial charge on any atom is -0.279 e. The number of halogens is 1. The molecule has 0 radical (unpaired) electrons. The average molecular weight is 387 g/mol. The molecule has 0 bridgehead atoms. The molecule has 0 saturated carbocycles. The Morgan fingerprint density at radius 2 is 1.78 bits per heavy atom. The molecule has 0 atom stereocenters. The van der Waals surface area contributed by atoms with Crippen LogP contribution in [0, 0.1) is 5.82 Å². The molecule has 3 rings (SSSR count). The molecule has 0 aliphatic heterocycles. The van der Waals surface area contributed by atoms with Crippen molar-refractivity contribution in [3.8, 4) is 0 Å². The van der Waals surface area contributed by atoms with Crippen LogP contribution in [0.15, 0.2) is 65.7 Å². The average Bonchev–Trinajstić information content (AvgIpc) is 3.01. The Bertz CT molecular complexity index is 1040. The van der Waals surface area contributed by atoms with Crippen molar-refractivity contribution in [2.45, 2.75) is 37.6 Å². The second kappa shape index (κ2) is 7.15. The van der Waals surface area contributed by atoms with Gasteiger partial charge in [0.25, 0.3) is 10.0 Å². The summed E-state index contributed by atoms with van der Waals surface area (Å²) >= 11 is 0. The molecule has 5 nitrogen and oxygen atoms in total. The summed E-state index contributed by atoms with van der Waals surface area (Å²) in [5.41, 5.74) is 1.17. The van der Waals surface area contributed by atoms with Crippen LogP contribution < -0.4 is 4.72 Å². The van der Waals surface area contributed by atoms with E-state index in [1.165, 1.54) is 24.4 Å². The Hall–Kier alpha value is -2.67. The van der Waals surface area contributed by atoms with Crippen LogP contribution in [0.1, 0.15) is 32.0 Å². The van der Waals surface area contributed by atoms with Crippen molar-refractivity contribution >= 4 is 15.7 Å². The molecule has 0 fully saturated rings. The number of rotatable bonds is 5. The van der Waals surface area contributed by atoms with E-state index < -0.39 is 21.3 Å². The highest BCUT2D eigenvalue weighted by Gasteiger charge is 2.30. The van der Waals surface area contributed by atoms with Crippen LogP contribution in [0.4, 0.5) is 10.1 Å². The number of hydrogen-bond donors (Lipinski definition) is 1.